The summed E-state index contributed by atoms with van der Waals surface area (Å²) in [5.41, 5.74) is 4.67. The molecule has 0 radical (unpaired) electrons. The molecule has 0 amide bonds. The highest BCUT2D eigenvalue weighted by atomic mass is 32.1. The van der Waals surface area contributed by atoms with Crippen molar-refractivity contribution in [3.63, 3.8) is 0 Å². The number of anilines is 2. The molecule has 3 N–H and O–H groups in total. The van der Waals surface area contributed by atoms with Gasteiger partial charge < -0.3 is 16.0 Å². The van der Waals surface area contributed by atoms with Crippen molar-refractivity contribution in [3.05, 3.63) is 40.8 Å². The minimum Gasteiger partial charge on any atom is -0.379 e. The first-order chi connectivity index (χ1) is 12.8. The van der Waals surface area contributed by atoms with Gasteiger partial charge in [-0.3, -0.25) is 4.68 Å². The van der Waals surface area contributed by atoms with Crippen LogP contribution in [0.2, 0.25) is 0 Å². The van der Waals surface area contributed by atoms with Gasteiger partial charge in [0.2, 0.25) is 0 Å². The second-order valence-corrected chi connectivity index (χ2v) is 8.09. The summed E-state index contributed by atoms with van der Waals surface area (Å²) < 4.78 is 1.79. The van der Waals surface area contributed by atoms with E-state index in [4.69, 9.17) is 10.4 Å². The zero-order valence-electron chi connectivity index (χ0n) is 16.3. The van der Waals surface area contributed by atoms with E-state index < -0.39 is 0 Å². The van der Waals surface area contributed by atoms with Gasteiger partial charge in [0, 0.05) is 42.5 Å². The number of pyridine rings is 1. The average molecular weight is 384 g/mol. The van der Waals surface area contributed by atoms with E-state index in [1.54, 1.807) is 22.9 Å². The van der Waals surface area contributed by atoms with Crippen LogP contribution in [0.3, 0.4) is 0 Å². The lowest BCUT2D eigenvalue weighted by Gasteiger charge is -2.20. The lowest BCUT2D eigenvalue weighted by Crippen LogP contribution is -2.17. The second kappa shape index (κ2) is 7.87. The fourth-order valence-electron chi connectivity index (χ4n) is 2.73. The number of rotatable bonds is 7. The van der Waals surface area contributed by atoms with Gasteiger partial charge >= 0.3 is 0 Å². The van der Waals surface area contributed by atoms with Crippen LogP contribution in [0, 0.1) is 12.3 Å². The summed E-state index contributed by atoms with van der Waals surface area (Å²) in [4.78, 5) is 10.3. The van der Waals surface area contributed by atoms with Crippen LogP contribution in [-0.2, 0) is 13.6 Å². The minimum atomic E-state index is 0.219. The van der Waals surface area contributed by atoms with Crippen LogP contribution in [0.15, 0.2) is 24.7 Å². The molecular formula is C19H25N7S. The van der Waals surface area contributed by atoms with Gasteiger partial charge in [-0.05, 0) is 33.8 Å². The maximum Gasteiger partial charge on any atom is 0.142 e. The van der Waals surface area contributed by atoms with Crippen LogP contribution < -0.4 is 10.6 Å². The van der Waals surface area contributed by atoms with Crippen LogP contribution in [0.25, 0.3) is 10.7 Å². The van der Waals surface area contributed by atoms with Gasteiger partial charge in [0.1, 0.15) is 16.4 Å². The molecule has 3 heterocycles. The van der Waals surface area contributed by atoms with E-state index in [0.29, 0.717) is 18.0 Å². The fraction of sp³-hybridized carbons (Fsp3) is 0.368. The van der Waals surface area contributed by atoms with E-state index >= 15 is 0 Å². The van der Waals surface area contributed by atoms with Gasteiger partial charge in [-0.15, -0.1) is 11.3 Å². The standard InChI is InChI=1S/C19H25N7S/c1-11(2)24-18-15(21-8-14-9-23-26(5)10-14)6-16(25-17(18)13(4)20)19-22-7-12(3)27-19/h6-7,9-11,20,24H,8H2,1-5H3,(H,21,25). The van der Waals surface area contributed by atoms with E-state index in [0.717, 1.165) is 32.5 Å². The Labute approximate surface area is 163 Å². The third-order valence-electron chi connectivity index (χ3n) is 3.89. The maximum atomic E-state index is 8.22. The van der Waals surface area contributed by atoms with E-state index in [-0.39, 0.29) is 6.04 Å². The van der Waals surface area contributed by atoms with Crippen molar-refractivity contribution in [1.29, 1.82) is 5.41 Å². The number of hydrogen-bond acceptors (Lipinski definition) is 7. The molecule has 0 aliphatic carbocycles. The first-order valence-electron chi connectivity index (χ1n) is 8.84. The molecule has 27 heavy (non-hydrogen) atoms. The monoisotopic (exact) mass is 383 g/mol. The van der Waals surface area contributed by atoms with Crippen LogP contribution in [-0.4, -0.2) is 31.5 Å². The van der Waals surface area contributed by atoms with E-state index in [1.807, 2.05) is 38.6 Å². The molecule has 0 bridgehead atoms. The fourth-order valence-corrected chi connectivity index (χ4v) is 3.46. The highest BCUT2D eigenvalue weighted by Gasteiger charge is 2.17. The first kappa shape index (κ1) is 19.0. The number of aromatic nitrogens is 4. The second-order valence-electron chi connectivity index (χ2n) is 6.85. The van der Waals surface area contributed by atoms with Gasteiger partial charge in [-0.1, -0.05) is 0 Å². The molecule has 0 aromatic carbocycles. The lowest BCUT2D eigenvalue weighted by atomic mass is 10.1. The van der Waals surface area contributed by atoms with Crippen molar-refractivity contribution in [3.8, 4) is 10.7 Å². The van der Waals surface area contributed by atoms with Crippen LogP contribution >= 0.6 is 11.3 Å². The normalized spacial score (nSPS) is 11.0. The highest BCUT2D eigenvalue weighted by molar-refractivity contribution is 7.14. The highest BCUT2D eigenvalue weighted by Crippen LogP contribution is 2.33. The van der Waals surface area contributed by atoms with Crippen molar-refractivity contribution < 1.29 is 0 Å². The summed E-state index contributed by atoms with van der Waals surface area (Å²) in [6.07, 6.45) is 5.68. The Hall–Kier alpha value is -2.74. The molecule has 7 nitrogen and oxygen atoms in total. The van der Waals surface area contributed by atoms with Gasteiger partial charge in [-0.25, -0.2) is 9.97 Å². The summed E-state index contributed by atoms with van der Waals surface area (Å²) in [5, 5.41) is 20.2. The summed E-state index contributed by atoms with van der Waals surface area (Å²) in [7, 11) is 1.90. The minimum absolute atomic E-state index is 0.219. The maximum absolute atomic E-state index is 8.22. The van der Waals surface area contributed by atoms with E-state index in [2.05, 4.69) is 34.6 Å². The van der Waals surface area contributed by atoms with Gasteiger partial charge in [0.25, 0.3) is 0 Å². The SMILES string of the molecule is CC(=N)c1nc(-c2ncc(C)s2)cc(NCc2cnn(C)c2)c1NC(C)C. The molecule has 0 aliphatic rings. The predicted molar refractivity (Wildman–Crippen MR) is 112 cm³/mol. The van der Waals surface area contributed by atoms with Crippen molar-refractivity contribution in [2.75, 3.05) is 10.6 Å². The molecule has 3 aromatic rings. The van der Waals surface area contributed by atoms with Gasteiger partial charge in [-0.2, -0.15) is 5.10 Å². The lowest BCUT2D eigenvalue weighted by molar-refractivity contribution is 0.767. The summed E-state index contributed by atoms with van der Waals surface area (Å²) in [6.45, 7) is 8.57. The van der Waals surface area contributed by atoms with Gasteiger partial charge in [0.05, 0.1) is 23.3 Å². The molecule has 8 heteroatoms. The Kier molecular flexibility index (Phi) is 5.55. The molecule has 0 fully saturated rings. The molecule has 0 saturated carbocycles. The van der Waals surface area contributed by atoms with Crippen molar-refractivity contribution in [2.45, 2.75) is 40.3 Å². The Bertz CT molecular complexity index is 955. The zero-order chi connectivity index (χ0) is 19.6. The Balaban J connectivity index is 2.04. The molecule has 0 aliphatic heterocycles. The zero-order valence-corrected chi connectivity index (χ0v) is 17.1. The molecule has 0 atom stereocenters. The smallest absolute Gasteiger partial charge is 0.142 e. The van der Waals surface area contributed by atoms with Crippen LogP contribution in [0.5, 0.6) is 0 Å². The number of aryl methyl sites for hydroxylation is 2. The third kappa shape index (κ3) is 4.51. The van der Waals surface area contributed by atoms with Gasteiger partial charge in [0.15, 0.2) is 0 Å². The first-order valence-corrected chi connectivity index (χ1v) is 9.66. The van der Waals surface area contributed by atoms with E-state index in [1.165, 1.54) is 0 Å². The number of thiazole rings is 1. The number of nitrogens with zero attached hydrogens (tertiary/aromatic N) is 4. The molecular weight excluding hydrogens is 358 g/mol. The molecule has 0 saturated heterocycles. The average Bonchev–Trinajstić information content (AvgIpc) is 3.21. The Morgan fingerprint density at radius 1 is 1.33 bits per heavy atom. The molecule has 3 aromatic heterocycles. The number of nitrogens with one attached hydrogen (secondary N) is 3. The molecule has 3 rings (SSSR count). The molecule has 0 spiro atoms. The Morgan fingerprint density at radius 3 is 2.67 bits per heavy atom. The van der Waals surface area contributed by atoms with Crippen molar-refractivity contribution in [1.82, 2.24) is 19.7 Å². The summed E-state index contributed by atoms with van der Waals surface area (Å²) >= 11 is 1.60. The van der Waals surface area contributed by atoms with Crippen molar-refractivity contribution in [2.24, 2.45) is 7.05 Å². The van der Waals surface area contributed by atoms with Crippen LogP contribution in [0.4, 0.5) is 11.4 Å². The third-order valence-corrected chi connectivity index (χ3v) is 4.82. The molecule has 0 unspecified atom stereocenters. The predicted octanol–water partition coefficient (Wildman–Crippen LogP) is 4.07. The van der Waals surface area contributed by atoms with Crippen molar-refractivity contribution >= 4 is 28.4 Å². The van der Waals surface area contributed by atoms with E-state index in [9.17, 15) is 0 Å². The topological polar surface area (TPSA) is 91.5 Å². The van der Waals surface area contributed by atoms with Crippen LogP contribution in [0.1, 0.15) is 36.9 Å². The largest absolute Gasteiger partial charge is 0.379 e. The Morgan fingerprint density at radius 2 is 2.11 bits per heavy atom. The summed E-state index contributed by atoms with van der Waals surface area (Å²) in [6, 6.07) is 2.23. The quantitative estimate of drug-likeness (QED) is 0.535. The summed E-state index contributed by atoms with van der Waals surface area (Å²) in [5.74, 6) is 0. The molecule has 142 valence electrons. The number of hydrogen-bond donors (Lipinski definition) is 3.